The zero-order valence-corrected chi connectivity index (χ0v) is 15.7. The summed E-state index contributed by atoms with van der Waals surface area (Å²) in [5.74, 6) is -0.581. The summed E-state index contributed by atoms with van der Waals surface area (Å²) in [7, 11) is 1.49. The number of nitrogens with one attached hydrogen (secondary N) is 2. The van der Waals surface area contributed by atoms with Gasteiger partial charge in [0.05, 0.1) is 7.11 Å². The number of anilines is 1. The number of esters is 1. The average molecular weight is 386 g/mol. The highest BCUT2D eigenvalue weighted by Crippen LogP contribution is 2.25. The van der Waals surface area contributed by atoms with Crippen molar-refractivity contribution < 1.29 is 28.6 Å². The van der Waals surface area contributed by atoms with E-state index < -0.39 is 18.5 Å². The van der Waals surface area contributed by atoms with Gasteiger partial charge in [-0.3, -0.25) is 9.59 Å². The zero-order chi connectivity index (χ0) is 20.4. The third-order valence-corrected chi connectivity index (χ3v) is 3.52. The van der Waals surface area contributed by atoms with Gasteiger partial charge in [0.15, 0.2) is 24.7 Å². The van der Waals surface area contributed by atoms with Crippen LogP contribution in [0.2, 0.25) is 0 Å². The van der Waals surface area contributed by atoms with Gasteiger partial charge in [0.25, 0.3) is 11.8 Å². The molecule has 0 spiro atoms. The van der Waals surface area contributed by atoms with Crippen LogP contribution in [0.25, 0.3) is 0 Å². The van der Waals surface area contributed by atoms with Gasteiger partial charge in [-0.25, -0.2) is 4.79 Å². The first kappa shape index (κ1) is 20.8. The minimum Gasteiger partial charge on any atom is -0.493 e. The Morgan fingerprint density at radius 3 is 2.43 bits per heavy atom. The zero-order valence-electron chi connectivity index (χ0n) is 15.7. The molecule has 0 radical (unpaired) electrons. The molecule has 2 aromatic rings. The molecule has 0 saturated heterocycles. The van der Waals surface area contributed by atoms with E-state index in [2.05, 4.69) is 10.6 Å². The van der Waals surface area contributed by atoms with Crippen LogP contribution in [0, 0.1) is 0 Å². The number of hydrogen-bond donors (Lipinski definition) is 2. The number of carbonyl (C=O) groups excluding carboxylic acids is 3. The summed E-state index contributed by atoms with van der Waals surface area (Å²) < 4.78 is 15.3. The number of methoxy groups -OCH3 is 1. The van der Waals surface area contributed by atoms with Crippen molar-refractivity contribution in [2.75, 3.05) is 32.2 Å². The molecule has 0 unspecified atom stereocenters. The number of benzene rings is 2. The van der Waals surface area contributed by atoms with Crippen molar-refractivity contribution in [1.29, 1.82) is 0 Å². The minimum atomic E-state index is -0.697. The lowest BCUT2D eigenvalue weighted by Crippen LogP contribution is -2.24. The van der Waals surface area contributed by atoms with Crippen molar-refractivity contribution in [1.82, 2.24) is 5.32 Å². The maximum Gasteiger partial charge on any atom is 0.344 e. The molecule has 0 atom stereocenters. The highest BCUT2D eigenvalue weighted by Gasteiger charge is 2.11. The summed E-state index contributed by atoms with van der Waals surface area (Å²) in [4.78, 5) is 35.5. The molecule has 0 saturated carbocycles. The number of amides is 2. The Labute approximate surface area is 162 Å². The number of rotatable bonds is 9. The molecule has 2 rings (SSSR count). The molecule has 8 heteroatoms. The van der Waals surface area contributed by atoms with E-state index in [1.165, 1.54) is 13.2 Å². The van der Waals surface area contributed by atoms with Crippen LogP contribution >= 0.6 is 0 Å². The highest BCUT2D eigenvalue weighted by atomic mass is 16.6. The van der Waals surface area contributed by atoms with Gasteiger partial charge < -0.3 is 24.8 Å². The Hall–Kier alpha value is -3.55. The molecule has 0 aliphatic carbocycles. The van der Waals surface area contributed by atoms with Gasteiger partial charge in [0.2, 0.25) is 0 Å². The summed E-state index contributed by atoms with van der Waals surface area (Å²) in [5, 5.41) is 5.24. The molecule has 2 aromatic carbocycles. The average Bonchev–Trinajstić information content (AvgIpc) is 2.71. The first-order valence-electron chi connectivity index (χ1n) is 8.63. The van der Waals surface area contributed by atoms with E-state index in [1.54, 1.807) is 42.5 Å². The second-order valence-electron chi connectivity index (χ2n) is 5.59. The topological polar surface area (TPSA) is 103 Å². The van der Waals surface area contributed by atoms with E-state index in [9.17, 15) is 14.4 Å². The molecule has 8 nitrogen and oxygen atoms in total. The van der Waals surface area contributed by atoms with Crippen LogP contribution in [0.1, 0.15) is 17.3 Å². The molecule has 0 aliphatic rings. The number of hydrogen-bond acceptors (Lipinski definition) is 6. The maximum absolute atomic E-state index is 11.9. The summed E-state index contributed by atoms with van der Waals surface area (Å²) in [6.45, 7) is 1.48. The first-order valence-corrected chi connectivity index (χ1v) is 8.63. The van der Waals surface area contributed by atoms with E-state index in [0.29, 0.717) is 29.3 Å². The standard InChI is InChI=1S/C20H22N2O6/c1-3-21-20(25)14-7-6-8-15(11-14)22-18(23)12-28-19(24)13-27-17-10-5-4-9-16(17)26-2/h4-11H,3,12-13H2,1-2H3,(H,21,25)(H,22,23). The SMILES string of the molecule is CCNC(=O)c1cccc(NC(=O)COC(=O)COc2ccccc2OC)c1. The van der Waals surface area contributed by atoms with Gasteiger partial charge in [0.1, 0.15) is 0 Å². The summed E-state index contributed by atoms with van der Waals surface area (Å²) in [5.41, 5.74) is 0.844. The van der Waals surface area contributed by atoms with Crippen molar-refractivity contribution in [3.05, 3.63) is 54.1 Å². The van der Waals surface area contributed by atoms with E-state index in [-0.39, 0.29) is 12.5 Å². The molecular weight excluding hydrogens is 364 g/mol. The summed E-state index contributed by atoms with van der Waals surface area (Å²) in [6, 6.07) is 13.3. The molecule has 0 fully saturated rings. The predicted molar refractivity (Wildman–Crippen MR) is 103 cm³/mol. The quantitative estimate of drug-likeness (QED) is 0.639. The first-order chi connectivity index (χ1) is 13.5. The van der Waals surface area contributed by atoms with E-state index in [1.807, 2.05) is 6.92 Å². The lowest BCUT2D eigenvalue weighted by Gasteiger charge is -2.10. The largest absolute Gasteiger partial charge is 0.493 e. The van der Waals surface area contributed by atoms with Crippen molar-refractivity contribution in [2.24, 2.45) is 0 Å². The molecule has 0 heterocycles. The van der Waals surface area contributed by atoms with Crippen molar-refractivity contribution >= 4 is 23.5 Å². The van der Waals surface area contributed by atoms with Gasteiger partial charge in [0, 0.05) is 17.8 Å². The van der Waals surface area contributed by atoms with E-state index in [4.69, 9.17) is 14.2 Å². The Morgan fingerprint density at radius 1 is 0.964 bits per heavy atom. The Balaban J connectivity index is 1.80. The third kappa shape index (κ3) is 6.31. The predicted octanol–water partition coefficient (Wildman–Crippen LogP) is 2.01. The fraction of sp³-hybridized carbons (Fsp3) is 0.250. The maximum atomic E-state index is 11.9. The molecule has 0 bridgehead atoms. The van der Waals surface area contributed by atoms with Crippen LogP contribution < -0.4 is 20.1 Å². The van der Waals surface area contributed by atoms with Crippen LogP contribution in [0.15, 0.2) is 48.5 Å². The van der Waals surface area contributed by atoms with Crippen LogP contribution in [-0.2, 0) is 14.3 Å². The number of carbonyl (C=O) groups is 3. The van der Waals surface area contributed by atoms with Gasteiger partial charge >= 0.3 is 5.97 Å². The third-order valence-electron chi connectivity index (χ3n) is 3.52. The molecule has 148 valence electrons. The number of para-hydroxylation sites is 2. The van der Waals surface area contributed by atoms with E-state index >= 15 is 0 Å². The molecule has 0 aromatic heterocycles. The van der Waals surface area contributed by atoms with Crippen LogP contribution in [-0.4, -0.2) is 44.7 Å². The second-order valence-corrected chi connectivity index (χ2v) is 5.59. The van der Waals surface area contributed by atoms with Crippen LogP contribution in [0.5, 0.6) is 11.5 Å². The molecular formula is C20H22N2O6. The lowest BCUT2D eigenvalue weighted by atomic mass is 10.2. The molecule has 2 amide bonds. The van der Waals surface area contributed by atoms with Crippen LogP contribution in [0.4, 0.5) is 5.69 Å². The van der Waals surface area contributed by atoms with Gasteiger partial charge in [-0.2, -0.15) is 0 Å². The summed E-state index contributed by atoms with van der Waals surface area (Å²) in [6.07, 6.45) is 0. The smallest absolute Gasteiger partial charge is 0.344 e. The Bertz CT molecular complexity index is 837. The fourth-order valence-corrected chi connectivity index (χ4v) is 2.26. The molecule has 28 heavy (non-hydrogen) atoms. The summed E-state index contributed by atoms with van der Waals surface area (Å²) >= 11 is 0. The van der Waals surface area contributed by atoms with Crippen molar-refractivity contribution in [3.63, 3.8) is 0 Å². The molecule has 0 aliphatic heterocycles. The second kappa shape index (κ2) is 10.6. The van der Waals surface area contributed by atoms with Crippen LogP contribution in [0.3, 0.4) is 0 Å². The van der Waals surface area contributed by atoms with Gasteiger partial charge in [-0.1, -0.05) is 18.2 Å². The normalized spacial score (nSPS) is 9.93. The van der Waals surface area contributed by atoms with Crippen molar-refractivity contribution in [2.45, 2.75) is 6.92 Å². The lowest BCUT2D eigenvalue weighted by molar-refractivity contribution is -0.149. The minimum absolute atomic E-state index is 0.237. The fourth-order valence-electron chi connectivity index (χ4n) is 2.26. The van der Waals surface area contributed by atoms with Gasteiger partial charge in [-0.05, 0) is 37.3 Å². The Morgan fingerprint density at radius 2 is 1.71 bits per heavy atom. The monoisotopic (exact) mass is 386 g/mol. The number of ether oxygens (including phenoxy) is 3. The molecule has 2 N–H and O–H groups in total. The van der Waals surface area contributed by atoms with Gasteiger partial charge in [-0.15, -0.1) is 0 Å². The highest BCUT2D eigenvalue weighted by molar-refractivity contribution is 5.97. The Kier molecular flexibility index (Phi) is 7.83. The van der Waals surface area contributed by atoms with E-state index in [0.717, 1.165) is 0 Å². The van der Waals surface area contributed by atoms with Crippen molar-refractivity contribution in [3.8, 4) is 11.5 Å².